The number of benzene rings is 2. The molecule has 0 aliphatic carbocycles. The van der Waals surface area contributed by atoms with Crippen LogP contribution in [0, 0.1) is 3.57 Å². The number of halogens is 1. The van der Waals surface area contributed by atoms with Gasteiger partial charge in [0.2, 0.25) is 0 Å². The minimum absolute atomic E-state index is 0.443. The van der Waals surface area contributed by atoms with Gasteiger partial charge in [-0.2, -0.15) is 0 Å². The predicted octanol–water partition coefficient (Wildman–Crippen LogP) is 4.16. The Morgan fingerprint density at radius 1 is 0.958 bits per heavy atom. The highest BCUT2D eigenvalue weighted by Gasteiger charge is 2.09. The lowest BCUT2D eigenvalue weighted by atomic mass is 10.3. The van der Waals surface area contributed by atoms with Crippen molar-refractivity contribution in [1.29, 1.82) is 0 Å². The minimum atomic E-state index is 0.443. The van der Waals surface area contributed by atoms with E-state index in [1.807, 2.05) is 48.5 Å². The fourth-order valence-electron chi connectivity index (χ4n) is 2.10. The molecule has 0 aliphatic rings. The molecule has 0 unspecified atom stereocenters. The van der Waals surface area contributed by atoms with Gasteiger partial charge in [-0.3, -0.25) is 0 Å². The van der Waals surface area contributed by atoms with Gasteiger partial charge in [0.15, 0.2) is 11.6 Å². The molecular formula is C17H16IN5O. The maximum absolute atomic E-state index is 6.20. The van der Waals surface area contributed by atoms with Gasteiger partial charge in [-0.15, -0.1) is 0 Å². The van der Waals surface area contributed by atoms with Crippen LogP contribution in [0.5, 0.6) is 5.75 Å². The van der Waals surface area contributed by atoms with Crippen molar-refractivity contribution in [3.05, 3.63) is 58.4 Å². The van der Waals surface area contributed by atoms with Gasteiger partial charge in [-0.05, 0) is 59.0 Å². The number of hydrogen-bond acceptors (Lipinski definition) is 6. The first-order chi connectivity index (χ1) is 11.7. The molecule has 0 spiro atoms. The number of rotatable bonds is 5. The Bertz CT molecular complexity index is 839. The van der Waals surface area contributed by atoms with Crippen LogP contribution in [0.25, 0.3) is 0 Å². The number of methoxy groups -OCH3 is 1. The second kappa shape index (κ2) is 7.35. The Morgan fingerprint density at radius 2 is 1.62 bits per heavy atom. The van der Waals surface area contributed by atoms with Gasteiger partial charge in [0, 0.05) is 21.0 Å². The van der Waals surface area contributed by atoms with Crippen LogP contribution >= 0.6 is 22.6 Å². The summed E-state index contributed by atoms with van der Waals surface area (Å²) < 4.78 is 6.38. The van der Waals surface area contributed by atoms with E-state index in [1.165, 1.54) is 6.33 Å². The smallest absolute Gasteiger partial charge is 0.159 e. The standard InChI is InChI=1S/C17H16IN5O/c1-24-14-4-2-3-13(9-14)23-17-15(19)16(20-10-21-17)22-12-7-5-11(18)6-8-12/h2-10H,19H2,1H3,(H2,20,21,22,23). The third kappa shape index (κ3) is 3.85. The lowest BCUT2D eigenvalue weighted by molar-refractivity contribution is 0.415. The van der Waals surface area contributed by atoms with E-state index in [9.17, 15) is 0 Å². The van der Waals surface area contributed by atoms with E-state index in [0.29, 0.717) is 17.3 Å². The average Bonchev–Trinajstić information content (AvgIpc) is 2.60. The highest BCUT2D eigenvalue weighted by Crippen LogP contribution is 2.29. The number of anilines is 5. The van der Waals surface area contributed by atoms with Gasteiger partial charge in [0.1, 0.15) is 17.8 Å². The van der Waals surface area contributed by atoms with E-state index >= 15 is 0 Å². The molecule has 0 amide bonds. The molecule has 6 nitrogen and oxygen atoms in total. The van der Waals surface area contributed by atoms with E-state index < -0.39 is 0 Å². The van der Waals surface area contributed by atoms with Crippen molar-refractivity contribution < 1.29 is 4.74 Å². The predicted molar refractivity (Wildman–Crippen MR) is 105 cm³/mol. The molecule has 1 heterocycles. The highest BCUT2D eigenvalue weighted by atomic mass is 127. The zero-order valence-electron chi connectivity index (χ0n) is 13.0. The average molecular weight is 433 g/mol. The first-order valence-electron chi connectivity index (χ1n) is 7.20. The number of aromatic nitrogens is 2. The van der Waals surface area contributed by atoms with Gasteiger partial charge < -0.3 is 21.1 Å². The molecule has 0 atom stereocenters. The third-order valence-electron chi connectivity index (χ3n) is 3.32. The van der Waals surface area contributed by atoms with Crippen LogP contribution in [0.3, 0.4) is 0 Å². The van der Waals surface area contributed by atoms with E-state index in [4.69, 9.17) is 10.5 Å². The minimum Gasteiger partial charge on any atom is -0.497 e. The van der Waals surface area contributed by atoms with Crippen molar-refractivity contribution >= 4 is 51.3 Å². The zero-order chi connectivity index (χ0) is 16.9. The summed E-state index contributed by atoms with van der Waals surface area (Å²) in [4.78, 5) is 8.43. The third-order valence-corrected chi connectivity index (χ3v) is 4.04. The van der Waals surface area contributed by atoms with E-state index in [0.717, 1.165) is 20.7 Å². The summed E-state index contributed by atoms with van der Waals surface area (Å²) in [5, 5.41) is 6.39. The fraction of sp³-hybridized carbons (Fsp3) is 0.0588. The molecule has 4 N–H and O–H groups in total. The first kappa shape index (κ1) is 16.3. The molecule has 0 aliphatic heterocycles. The van der Waals surface area contributed by atoms with Crippen molar-refractivity contribution in [3.8, 4) is 5.75 Å². The molecule has 24 heavy (non-hydrogen) atoms. The quantitative estimate of drug-likeness (QED) is 0.524. The Labute approximate surface area is 153 Å². The van der Waals surface area contributed by atoms with Gasteiger partial charge in [0.25, 0.3) is 0 Å². The van der Waals surface area contributed by atoms with Crippen LogP contribution in [0.4, 0.5) is 28.7 Å². The lowest BCUT2D eigenvalue weighted by Crippen LogP contribution is -2.05. The van der Waals surface area contributed by atoms with Crippen LogP contribution in [0.1, 0.15) is 0 Å². The molecule has 0 radical (unpaired) electrons. The SMILES string of the molecule is COc1cccc(Nc2ncnc(Nc3ccc(I)cc3)c2N)c1. The van der Waals surface area contributed by atoms with E-state index in [-0.39, 0.29) is 0 Å². The molecule has 0 bridgehead atoms. The topological polar surface area (TPSA) is 85.1 Å². The molecule has 0 saturated heterocycles. The summed E-state index contributed by atoms with van der Waals surface area (Å²) in [5.74, 6) is 1.84. The second-order valence-electron chi connectivity index (χ2n) is 4.97. The highest BCUT2D eigenvalue weighted by molar-refractivity contribution is 14.1. The second-order valence-corrected chi connectivity index (χ2v) is 6.22. The summed E-state index contributed by atoms with van der Waals surface area (Å²) in [6.07, 6.45) is 1.47. The van der Waals surface area contributed by atoms with Crippen molar-refractivity contribution in [1.82, 2.24) is 9.97 Å². The molecule has 1 aromatic heterocycles. The number of nitrogens with zero attached hydrogens (tertiary/aromatic N) is 2. The summed E-state index contributed by atoms with van der Waals surface area (Å²) in [6, 6.07) is 15.5. The van der Waals surface area contributed by atoms with Crippen LogP contribution in [0.15, 0.2) is 54.9 Å². The zero-order valence-corrected chi connectivity index (χ0v) is 15.1. The maximum Gasteiger partial charge on any atom is 0.159 e. The van der Waals surface area contributed by atoms with Crippen LogP contribution in [-0.2, 0) is 0 Å². The van der Waals surface area contributed by atoms with Crippen molar-refractivity contribution in [3.63, 3.8) is 0 Å². The van der Waals surface area contributed by atoms with E-state index in [1.54, 1.807) is 7.11 Å². The first-order valence-corrected chi connectivity index (χ1v) is 8.28. The summed E-state index contributed by atoms with van der Waals surface area (Å²) in [6.45, 7) is 0. The molecule has 3 aromatic rings. The number of nitrogens with one attached hydrogen (secondary N) is 2. The van der Waals surface area contributed by atoms with Crippen molar-refractivity contribution in [2.45, 2.75) is 0 Å². The Kier molecular flexibility index (Phi) is 4.99. The maximum atomic E-state index is 6.20. The molecule has 122 valence electrons. The molecule has 2 aromatic carbocycles. The van der Waals surface area contributed by atoms with Gasteiger partial charge in [-0.25, -0.2) is 9.97 Å². The van der Waals surface area contributed by atoms with Crippen LogP contribution in [0.2, 0.25) is 0 Å². The Hall–Kier alpha value is -2.55. The summed E-state index contributed by atoms with van der Waals surface area (Å²) in [7, 11) is 1.63. The monoisotopic (exact) mass is 433 g/mol. The molecule has 0 saturated carbocycles. The van der Waals surface area contributed by atoms with Crippen LogP contribution < -0.4 is 21.1 Å². The molecule has 3 rings (SSSR count). The number of ether oxygens (including phenoxy) is 1. The number of hydrogen-bond donors (Lipinski definition) is 3. The fourth-order valence-corrected chi connectivity index (χ4v) is 2.46. The lowest BCUT2D eigenvalue weighted by Gasteiger charge is -2.13. The van der Waals surface area contributed by atoms with E-state index in [2.05, 4.69) is 43.2 Å². The summed E-state index contributed by atoms with van der Waals surface area (Å²) in [5.41, 5.74) is 8.38. The number of nitrogen functional groups attached to an aromatic ring is 1. The van der Waals surface area contributed by atoms with Crippen LogP contribution in [-0.4, -0.2) is 17.1 Å². The summed E-state index contributed by atoms with van der Waals surface area (Å²) >= 11 is 2.26. The normalized spacial score (nSPS) is 10.2. The number of nitrogens with two attached hydrogens (primary N) is 1. The van der Waals surface area contributed by atoms with Gasteiger partial charge in [0.05, 0.1) is 7.11 Å². The van der Waals surface area contributed by atoms with Gasteiger partial charge in [-0.1, -0.05) is 6.07 Å². The molecule has 0 fully saturated rings. The van der Waals surface area contributed by atoms with Crippen molar-refractivity contribution in [2.24, 2.45) is 0 Å². The molecule has 7 heteroatoms. The Balaban J connectivity index is 1.83. The molecular weight excluding hydrogens is 417 g/mol. The Morgan fingerprint density at radius 3 is 2.29 bits per heavy atom. The largest absolute Gasteiger partial charge is 0.497 e. The van der Waals surface area contributed by atoms with Gasteiger partial charge >= 0.3 is 0 Å². The van der Waals surface area contributed by atoms with Crippen molar-refractivity contribution in [2.75, 3.05) is 23.5 Å².